The molecule has 4 nitrogen and oxygen atoms in total. The molecule has 0 bridgehead atoms. The van der Waals surface area contributed by atoms with Crippen molar-refractivity contribution in [3.8, 4) is 0 Å². The first kappa shape index (κ1) is 23.9. The molecule has 2 aromatic rings. The lowest BCUT2D eigenvalue weighted by atomic mass is 9.66. The first-order valence-corrected chi connectivity index (χ1v) is 14.2. The Balaban J connectivity index is 1.66. The van der Waals surface area contributed by atoms with Crippen LogP contribution >= 0.6 is 0 Å². The molecule has 3 unspecified atom stereocenters. The second-order valence-electron chi connectivity index (χ2n) is 9.46. The van der Waals surface area contributed by atoms with Crippen LogP contribution in [0, 0.1) is 0 Å². The molecule has 1 saturated heterocycles. The Morgan fingerprint density at radius 3 is 1.83 bits per heavy atom. The molecular formula is C30H36N2O2S. The normalized spacial score (nSPS) is 25.5. The van der Waals surface area contributed by atoms with E-state index in [2.05, 4.69) is 92.1 Å². The quantitative estimate of drug-likeness (QED) is 0.486. The van der Waals surface area contributed by atoms with Crippen LogP contribution in [0.4, 0.5) is 11.4 Å². The summed E-state index contributed by atoms with van der Waals surface area (Å²) in [5.74, 6) is 0.548. The van der Waals surface area contributed by atoms with E-state index in [-0.39, 0.29) is 6.10 Å². The van der Waals surface area contributed by atoms with Crippen LogP contribution in [0.2, 0.25) is 0 Å². The molecular weight excluding hydrogens is 452 g/mol. The van der Waals surface area contributed by atoms with Gasteiger partial charge < -0.3 is 14.5 Å². The van der Waals surface area contributed by atoms with Gasteiger partial charge >= 0.3 is 0 Å². The molecule has 0 radical (unpaired) electrons. The number of ether oxygens (including phenoxy) is 1. The Labute approximate surface area is 212 Å². The van der Waals surface area contributed by atoms with Crippen molar-refractivity contribution in [3.63, 3.8) is 0 Å². The SMILES string of the molecule is CCN(CC)c1ccc(C2(c3ccc(N(CC)CC)cc3)CS(=O)C34C=CC=CC3OC=C24)cc1. The van der Waals surface area contributed by atoms with E-state index in [0.717, 1.165) is 31.8 Å². The molecule has 1 fully saturated rings. The third kappa shape index (κ3) is 3.50. The summed E-state index contributed by atoms with van der Waals surface area (Å²) in [6.45, 7) is 12.6. The summed E-state index contributed by atoms with van der Waals surface area (Å²) in [6.07, 6.45) is 9.89. The van der Waals surface area contributed by atoms with Gasteiger partial charge in [-0.05, 0) is 69.2 Å². The lowest BCUT2D eigenvalue weighted by Crippen LogP contribution is -2.41. The maximum absolute atomic E-state index is 14.0. The molecule has 3 aliphatic rings. The lowest BCUT2D eigenvalue weighted by molar-refractivity contribution is 0.200. The highest BCUT2D eigenvalue weighted by Crippen LogP contribution is 2.58. The molecule has 1 spiro atoms. The van der Waals surface area contributed by atoms with Crippen molar-refractivity contribution in [1.29, 1.82) is 0 Å². The fraction of sp³-hybridized carbons (Fsp3) is 0.400. The average Bonchev–Trinajstić information content (AvgIpc) is 3.41. The van der Waals surface area contributed by atoms with E-state index in [4.69, 9.17) is 4.74 Å². The standard InChI is InChI=1S/C30H36N2O2S/c1-5-31(6-2)25-16-12-23(13-17-25)29(24-14-18-26(19-15-24)32(7-3)8-4)22-35(33)30-20-10-9-11-28(30)34-21-27(29)30/h9-21,28H,5-8,22H2,1-4H3. The Morgan fingerprint density at radius 1 is 0.829 bits per heavy atom. The third-order valence-electron chi connectivity index (χ3n) is 8.08. The smallest absolute Gasteiger partial charge is 0.141 e. The largest absolute Gasteiger partial charge is 0.492 e. The van der Waals surface area contributed by atoms with E-state index in [1.165, 1.54) is 22.5 Å². The highest BCUT2D eigenvalue weighted by molar-refractivity contribution is 7.87. The molecule has 5 heteroatoms. The number of allylic oxidation sites excluding steroid dienone is 2. The second kappa shape index (κ2) is 9.34. The van der Waals surface area contributed by atoms with Gasteiger partial charge in [0.05, 0.1) is 11.7 Å². The molecule has 2 aromatic carbocycles. The number of hydrogen-bond acceptors (Lipinski definition) is 4. The predicted octanol–water partition coefficient (Wildman–Crippen LogP) is 5.57. The van der Waals surface area contributed by atoms with Crippen LogP contribution < -0.4 is 9.80 Å². The summed E-state index contributed by atoms with van der Waals surface area (Å²) < 4.78 is 19.6. The van der Waals surface area contributed by atoms with Crippen molar-refractivity contribution in [2.24, 2.45) is 0 Å². The molecule has 1 aliphatic carbocycles. The number of benzene rings is 2. The van der Waals surface area contributed by atoms with E-state index in [0.29, 0.717) is 5.75 Å². The third-order valence-corrected chi connectivity index (χ3v) is 10.1. The molecule has 0 amide bonds. The zero-order chi connectivity index (χ0) is 24.6. The Hall–Kier alpha value is -2.79. The average molecular weight is 489 g/mol. The molecule has 0 aromatic heterocycles. The Morgan fingerprint density at radius 2 is 1.34 bits per heavy atom. The number of nitrogens with zero attached hydrogens (tertiary/aromatic N) is 2. The minimum atomic E-state index is -1.12. The minimum absolute atomic E-state index is 0.213. The predicted molar refractivity (Wildman–Crippen MR) is 148 cm³/mol. The summed E-state index contributed by atoms with van der Waals surface area (Å²) in [7, 11) is -1.12. The molecule has 35 heavy (non-hydrogen) atoms. The first-order valence-electron chi connectivity index (χ1n) is 12.9. The monoisotopic (exact) mass is 488 g/mol. The van der Waals surface area contributed by atoms with E-state index in [1.54, 1.807) is 0 Å². The van der Waals surface area contributed by atoms with Crippen LogP contribution in [-0.2, 0) is 21.0 Å². The van der Waals surface area contributed by atoms with Gasteiger partial charge in [0.2, 0.25) is 0 Å². The topological polar surface area (TPSA) is 32.8 Å². The zero-order valence-electron chi connectivity index (χ0n) is 21.2. The highest BCUT2D eigenvalue weighted by atomic mass is 32.2. The van der Waals surface area contributed by atoms with Gasteiger partial charge in [-0.3, -0.25) is 4.21 Å². The fourth-order valence-corrected chi connectivity index (χ4v) is 8.33. The van der Waals surface area contributed by atoms with Crippen LogP contribution in [-0.4, -0.2) is 47.0 Å². The maximum atomic E-state index is 14.0. The minimum Gasteiger partial charge on any atom is -0.492 e. The molecule has 5 rings (SSSR count). The van der Waals surface area contributed by atoms with Crippen LogP contribution in [0.3, 0.4) is 0 Å². The zero-order valence-corrected chi connectivity index (χ0v) is 22.1. The molecule has 2 heterocycles. The van der Waals surface area contributed by atoms with E-state index in [1.807, 2.05) is 24.5 Å². The van der Waals surface area contributed by atoms with Gasteiger partial charge in [0.1, 0.15) is 10.9 Å². The fourth-order valence-electron chi connectivity index (χ4n) is 6.12. The van der Waals surface area contributed by atoms with Gasteiger partial charge in [-0.2, -0.15) is 0 Å². The number of rotatable bonds is 8. The van der Waals surface area contributed by atoms with Gasteiger partial charge in [-0.1, -0.05) is 42.5 Å². The molecule has 0 N–H and O–H groups in total. The van der Waals surface area contributed by atoms with Crippen LogP contribution in [0.5, 0.6) is 0 Å². The summed E-state index contributed by atoms with van der Waals surface area (Å²) >= 11 is 0. The van der Waals surface area contributed by atoms with Crippen molar-refractivity contribution in [2.75, 3.05) is 41.7 Å². The van der Waals surface area contributed by atoms with Crippen molar-refractivity contribution in [1.82, 2.24) is 0 Å². The van der Waals surface area contributed by atoms with E-state index in [9.17, 15) is 4.21 Å². The molecule has 0 saturated carbocycles. The van der Waals surface area contributed by atoms with Crippen molar-refractivity contribution >= 4 is 22.2 Å². The molecule has 3 atom stereocenters. The summed E-state index contributed by atoms with van der Waals surface area (Å²) in [6, 6.07) is 17.8. The van der Waals surface area contributed by atoms with E-state index < -0.39 is 21.0 Å². The van der Waals surface area contributed by atoms with Gasteiger partial charge in [-0.15, -0.1) is 0 Å². The van der Waals surface area contributed by atoms with Crippen LogP contribution in [0.15, 0.2) is 84.7 Å². The van der Waals surface area contributed by atoms with Crippen LogP contribution in [0.25, 0.3) is 0 Å². The maximum Gasteiger partial charge on any atom is 0.141 e. The van der Waals surface area contributed by atoms with Gasteiger partial charge in [0, 0.05) is 59.7 Å². The Kier molecular flexibility index (Phi) is 6.39. The highest BCUT2D eigenvalue weighted by Gasteiger charge is 2.64. The molecule has 184 valence electrons. The van der Waals surface area contributed by atoms with Gasteiger partial charge in [-0.25, -0.2) is 0 Å². The second-order valence-corrected chi connectivity index (χ2v) is 11.1. The van der Waals surface area contributed by atoms with Crippen molar-refractivity contribution < 1.29 is 8.95 Å². The number of anilines is 2. The summed E-state index contributed by atoms with van der Waals surface area (Å²) in [5, 5.41) is 0. The molecule has 2 aliphatic heterocycles. The summed E-state index contributed by atoms with van der Waals surface area (Å²) in [5.41, 5.74) is 5.39. The van der Waals surface area contributed by atoms with Crippen molar-refractivity contribution in [2.45, 2.75) is 44.0 Å². The van der Waals surface area contributed by atoms with Gasteiger partial charge in [0.15, 0.2) is 0 Å². The van der Waals surface area contributed by atoms with E-state index >= 15 is 0 Å². The summed E-state index contributed by atoms with van der Waals surface area (Å²) in [4.78, 5) is 4.71. The van der Waals surface area contributed by atoms with Gasteiger partial charge in [0.25, 0.3) is 0 Å². The number of hydrogen-bond donors (Lipinski definition) is 0. The lowest BCUT2D eigenvalue weighted by Gasteiger charge is -2.34. The van der Waals surface area contributed by atoms with Crippen molar-refractivity contribution in [3.05, 3.63) is 95.8 Å². The Bertz CT molecular complexity index is 1120. The first-order chi connectivity index (χ1) is 17.0. The van der Waals surface area contributed by atoms with Crippen LogP contribution in [0.1, 0.15) is 38.8 Å².